The molecule has 0 bridgehead atoms. The molecule has 2 rings (SSSR count). The zero-order chi connectivity index (χ0) is 9.97. The van der Waals surface area contributed by atoms with E-state index in [9.17, 15) is 0 Å². The van der Waals surface area contributed by atoms with E-state index in [1.807, 2.05) is 24.7 Å². The lowest BCUT2D eigenvalue weighted by Crippen LogP contribution is -1.94. The second-order valence-electron chi connectivity index (χ2n) is 3.61. The van der Waals surface area contributed by atoms with E-state index in [1.54, 1.807) is 0 Å². The minimum Gasteiger partial charge on any atom is -0.262 e. The Labute approximate surface area is 84.0 Å². The summed E-state index contributed by atoms with van der Waals surface area (Å²) in [5.74, 6) is 0.551. The molecule has 0 aromatic carbocycles. The van der Waals surface area contributed by atoms with Gasteiger partial charge in [-0.15, -0.1) is 0 Å². The summed E-state index contributed by atoms with van der Waals surface area (Å²) in [6.45, 7) is 4.42. The molecule has 0 aliphatic carbocycles. The molecule has 14 heavy (non-hydrogen) atoms. The molecule has 0 aliphatic rings. The van der Waals surface area contributed by atoms with Crippen molar-refractivity contribution in [3.05, 3.63) is 36.3 Å². The highest BCUT2D eigenvalue weighted by atomic mass is 14.7. The van der Waals surface area contributed by atoms with Gasteiger partial charge in [0.15, 0.2) is 0 Å². The summed E-state index contributed by atoms with van der Waals surface area (Å²) in [6, 6.07) is 4.10. The number of rotatable bonds is 2. The molecule has 2 heterocycles. The molecular weight excluding hydrogens is 172 g/mol. The number of aromatic nitrogens is 2. The van der Waals surface area contributed by atoms with Crippen LogP contribution in [-0.4, -0.2) is 9.97 Å². The molecule has 0 spiro atoms. The van der Waals surface area contributed by atoms with E-state index in [0.29, 0.717) is 5.92 Å². The molecule has 0 aliphatic heterocycles. The number of nitrogens with zero attached hydrogens (tertiary/aromatic N) is 2. The summed E-state index contributed by atoms with van der Waals surface area (Å²) < 4.78 is 0. The molecule has 0 saturated heterocycles. The van der Waals surface area contributed by atoms with Crippen molar-refractivity contribution < 1.29 is 0 Å². The Kier molecular flexibility index (Phi) is 2.44. The van der Waals surface area contributed by atoms with Crippen molar-refractivity contribution in [2.24, 2.45) is 0 Å². The van der Waals surface area contributed by atoms with E-state index >= 15 is 0 Å². The summed E-state index contributed by atoms with van der Waals surface area (Å²) in [6.07, 6.45) is 6.72. The zero-order valence-electron chi connectivity index (χ0n) is 8.57. The monoisotopic (exact) mass is 186 g/mol. The first-order valence-corrected chi connectivity index (χ1v) is 5.01. The average Bonchev–Trinajstić information content (AvgIpc) is 2.27. The van der Waals surface area contributed by atoms with Crippen LogP contribution < -0.4 is 0 Å². The molecule has 1 unspecified atom stereocenters. The van der Waals surface area contributed by atoms with Crippen LogP contribution in [0.3, 0.4) is 0 Å². The SMILES string of the molecule is CCC(C)c1cncc2ncccc12. The fourth-order valence-electron chi connectivity index (χ4n) is 1.63. The molecule has 72 valence electrons. The van der Waals surface area contributed by atoms with Gasteiger partial charge in [-0.25, -0.2) is 0 Å². The maximum absolute atomic E-state index is 4.30. The topological polar surface area (TPSA) is 25.8 Å². The predicted octanol–water partition coefficient (Wildman–Crippen LogP) is 3.14. The fourth-order valence-corrected chi connectivity index (χ4v) is 1.63. The second kappa shape index (κ2) is 3.74. The highest BCUT2D eigenvalue weighted by molar-refractivity contribution is 5.81. The van der Waals surface area contributed by atoms with Gasteiger partial charge in [0.25, 0.3) is 0 Å². The third kappa shape index (κ3) is 1.48. The van der Waals surface area contributed by atoms with Crippen LogP contribution >= 0.6 is 0 Å². The van der Waals surface area contributed by atoms with Gasteiger partial charge in [0.05, 0.1) is 11.7 Å². The van der Waals surface area contributed by atoms with Crippen LogP contribution in [0.15, 0.2) is 30.7 Å². The molecule has 0 saturated carbocycles. The highest BCUT2D eigenvalue weighted by Gasteiger charge is 2.07. The second-order valence-corrected chi connectivity index (χ2v) is 3.61. The minimum atomic E-state index is 0.551. The van der Waals surface area contributed by atoms with Crippen LogP contribution in [0.25, 0.3) is 10.9 Å². The maximum Gasteiger partial charge on any atom is 0.0887 e. The van der Waals surface area contributed by atoms with Crippen molar-refractivity contribution >= 4 is 10.9 Å². The van der Waals surface area contributed by atoms with E-state index in [0.717, 1.165) is 11.9 Å². The first kappa shape index (κ1) is 9.13. The van der Waals surface area contributed by atoms with Gasteiger partial charge in [-0.3, -0.25) is 9.97 Å². The standard InChI is InChI=1S/C12H14N2/c1-3-9(2)11-7-13-8-12-10(11)5-4-6-14-12/h4-9H,3H2,1-2H3. The van der Waals surface area contributed by atoms with Crippen LogP contribution in [0.2, 0.25) is 0 Å². The Hall–Kier alpha value is -1.44. The smallest absolute Gasteiger partial charge is 0.0887 e. The number of pyridine rings is 2. The summed E-state index contributed by atoms with van der Waals surface area (Å²) in [5, 5.41) is 1.23. The Morgan fingerprint density at radius 3 is 3.00 bits per heavy atom. The third-order valence-electron chi connectivity index (χ3n) is 2.70. The van der Waals surface area contributed by atoms with Crippen molar-refractivity contribution in [1.82, 2.24) is 9.97 Å². The Morgan fingerprint density at radius 1 is 1.36 bits per heavy atom. The normalized spacial score (nSPS) is 13.0. The molecule has 2 aromatic rings. The van der Waals surface area contributed by atoms with E-state index < -0.39 is 0 Å². The molecule has 0 amide bonds. The molecule has 0 fully saturated rings. The van der Waals surface area contributed by atoms with Crippen LogP contribution in [0.5, 0.6) is 0 Å². The highest BCUT2D eigenvalue weighted by Crippen LogP contribution is 2.24. The lowest BCUT2D eigenvalue weighted by atomic mass is 9.97. The number of hydrogen-bond acceptors (Lipinski definition) is 2. The lowest BCUT2D eigenvalue weighted by molar-refractivity contribution is 0.736. The largest absolute Gasteiger partial charge is 0.262 e. The summed E-state index contributed by atoms with van der Waals surface area (Å²) in [5.41, 5.74) is 2.29. The third-order valence-corrected chi connectivity index (χ3v) is 2.70. The van der Waals surface area contributed by atoms with E-state index in [2.05, 4.69) is 29.9 Å². The Bertz CT molecular complexity index is 432. The Balaban J connectivity index is 2.65. The van der Waals surface area contributed by atoms with Gasteiger partial charge in [-0.05, 0) is 24.0 Å². The summed E-state index contributed by atoms with van der Waals surface area (Å²) in [7, 11) is 0. The van der Waals surface area contributed by atoms with Crippen LogP contribution in [0.4, 0.5) is 0 Å². The molecule has 2 nitrogen and oxygen atoms in total. The molecule has 0 N–H and O–H groups in total. The fraction of sp³-hybridized carbons (Fsp3) is 0.333. The predicted molar refractivity (Wildman–Crippen MR) is 58.2 cm³/mol. The lowest BCUT2D eigenvalue weighted by Gasteiger charge is -2.10. The van der Waals surface area contributed by atoms with Crippen LogP contribution in [0.1, 0.15) is 31.7 Å². The zero-order valence-corrected chi connectivity index (χ0v) is 8.57. The summed E-state index contributed by atoms with van der Waals surface area (Å²) in [4.78, 5) is 8.52. The van der Waals surface area contributed by atoms with Crippen molar-refractivity contribution in [2.75, 3.05) is 0 Å². The molecular formula is C12H14N2. The van der Waals surface area contributed by atoms with Gasteiger partial charge in [-0.2, -0.15) is 0 Å². The van der Waals surface area contributed by atoms with Crippen molar-refractivity contribution in [3.63, 3.8) is 0 Å². The van der Waals surface area contributed by atoms with Gasteiger partial charge < -0.3 is 0 Å². The average molecular weight is 186 g/mol. The molecule has 0 radical (unpaired) electrons. The maximum atomic E-state index is 4.30. The van der Waals surface area contributed by atoms with E-state index in [4.69, 9.17) is 0 Å². The Morgan fingerprint density at radius 2 is 2.21 bits per heavy atom. The number of hydrogen-bond donors (Lipinski definition) is 0. The number of fused-ring (bicyclic) bond motifs is 1. The van der Waals surface area contributed by atoms with Crippen molar-refractivity contribution in [2.45, 2.75) is 26.2 Å². The molecule has 2 aromatic heterocycles. The first-order chi connectivity index (χ1) is 6.83. The van der Waals surface area contributed by atoms with Crippen molar-refractivity contribution in [1.29, 1.82) is 0 Å². The van der Waals surface area contributed by atoms with Gasteiger partial charge in [0.1, 0.15) is 0 Å². The van der Waals surface area contributed by atoms with Crippen LogP contribution in [-0.2, 0) is 0 Å². The minimum absolute atomic E-state index is 0.551. The van der Waals surface area contributed by atoms with E-state index in [1.165, 1.54) is 10.9 Å². The molecule has 2 heteroatoms. The van der Waals surface area contributed by atoms with Gasteiger partial charge in [-0.1, -0.05) is 19.9 Å². The molecule has 1 atom stereocenters. The quantitative estimate of drug-likeness (QED) is 0.720. The van der Waals surface area contributed by atoms with Gasteiger partial charge >= 0.3 is 0 Å². The first-order valence-electron chi connectivity index (χ1n) is 5.01. The van der Waals surface area contributed by atoms with Gasteiger partial charge in [0.2, 0.25) is 0 Å². The van der Waals surface area contributed by atoms with Gasteiger partial charge in [0, 0.05) is 17.8 Å². The van der Waals surface area contributed by atoms with E-state index in [-0.39, 0.29) is 0 Å². The van der Waals surface area contributed by atoms with Crippen molar-refractivity contribution in [3.8, 4) is 0 Å². The van der Waals surface area contributed by atoms with Crippen LogP contribution in [0, 0.1) is 0 Å². The summed E-state index contributed by atoms with van der Waals surface area (Å²) >= 11 is 0.